The van der Waals surface area contributed by atoms with E-state index >= 15 is 0 Å². The largest absolute Gasteiger partial charge is 0.723 e. The van der Waals surface area contributed by atoms with Crippen LogP contribution in [0.15, 0.2) is 11.6 Å². The highest BCUT2D eigenvalue weighted by molar-refractivity contribution is 5.52. The van der Waals surface area contributed by atoms with Crippen LogP contribution < -0.4 is 5.26 Å². The van der Waals surface area contributed by atoms with Crippen molar-refractivity contribution in [3.05, 3.63) is 11.6 Å². The molecule has 70 valence electrons. The third-order valence-corrected chi connectivity index (χ3v) is 1.63. The molecule has 0 aromatic carbocycles. The number of hydrogen-bond donors (Lipinski definition) is 0. The summed E-state index contributed by atoms with van der Waals surface area (Å²) in [7, 11) is 0. The molecule has 0 radical (unpaired) electrons. The summed E-state index contributed by atoms with van der Waals surface area (Å²) in [6.45, 7) is 3.85. The van der Waals surface area contributed by atoms with Crippen LogP contribution in [0.2, 0.25) is 0 Å². The van der Waals surface area contributed by atoms with Crippen molar-refractivity contribution in [1.29, 1.82) is 0 Å². The molecule has 0 fully saturated rings. The Labute approximate surface area is 73.0 Å². The average molecular weight is 171 g/mol. The molecule has 0 amide bonds. The number of hydrogen-bond acceptors (Lipinski definition) is 3. The van der Waals surface area contributed by atoms with E-state index in [1.807, 2.05) is 19.9 Å². The third-order valence-electron chi connectivity index (χ3n) is 1.63. The van der Waals surface area contributed by atoms with E-state index in [-0.39, 0.29) is 12.5 Å². The maximum Gasteiger partial charge on any atom is 0.122 e. The molecule has 1 unspecified atom stereocenters. The zero-order chi connectivity index (χ0) is 9.40. The molecule has 0 aliphatic carbocycles. The Morgan fingerprint density at radius 2 is 2.33 bits per heavy atom. The maximum absolute atomic E-state index is 10.2. The van der Waals surface area contributed by atoms with E-state index in [4.69, 9.17) is 0 Å². The summed E-state index contributed by atoms with van der Waals surface area (Å²) < 4.78 is 0. The van der Waals surface area contributed by atoms with Gasteiger partial charge in [0.15, 0.2) is 0 Å². The maximum atomic E-state index is 10.2. The van der Waals surface area contributed by atoms with Gasteiger partial charge in [-0.3, -0.25) is 0 Å². The molecule has 0 N–H and O–H groups in total. The van der Waals surface area contributed by atoms with Crippen molar-refractivity contribution in [2.45, 2.75) is 26.7 Å². The first-order valence-corrected chi connectivity index (χ1v) is 4.06. The van der Waals surface area contributed by atoms with Crippen LogP contribution in [-0.4, -0.2) is 12.9 Å². The summed E-state index contributed by atoms with van der Waals surface area (Å²) in [5.74, 6) is 0.0993. The van der Waals surface area contributed by atoms with Gasteiger partial charge in [-0.2, -0.15) is 0 Å². The van der Waals surface area contributed by atoms with Crippen LogP contribution in [0.25, 0.3) is 0 Å². The number of allylic oxidation sites excluding steroid dienone is 1. The lowest BCUT2D eigenvalue weighted by Gasteiger charge is -2.06. The first-order valence-electron chi connectivity index (χ1n) is 4.06. The van der Waals surface area contributed by atoms with E-state index in [9.17, 15) is 10.1 Å². The smallest absolute Gasteiger partial charge is 0.122 e. The summed E-state index contributed by atoms with van der Waals surface area (Å²) in [4.78, 5) is 13.9. The van der Waals surface area contributed by atoms with Gasteiger partial charge in [0.2, 0.25) is 0 Å². The van der Waals surface area contributed by atoms with Gasteiger partial charge >= 0.3 is 0 Å². The lowest BCUT2D eigenvalue weighted by Crippen LogP contribution is -2.07. The molecule has 0 heterocycles. The molecule has 0 spiro atoms. The van der Waals surface area contributed by atoms with Gasteiger partial charge in [0.05, 0.1) is 6.61 Å². The van der Waals surface area contributed by atoms with Crippen molar-refractivity contribution in [1.82, 2.24) is 0 Å². The van der Waals surface area contributed by atoms with Crippen molar-refractivity contribution in [2.75, 3.05) is 6.61 Å². The molecule has 0 aromatic rings. The van der Waals surface area contributed by atoms with E-state index in [1.165, 1.54) is 0 Å². The average Bonchev–Trinajstić information content (AvgIpc) is 2.04. The monoisotopic (exact) mass is 171 g/mol. The molecular weight excluding hydrogens is 156 g/mol. The topological polar surface area (TPSA) is 49.4 Å². The molecule has 0 aliphatic heterocycles. The van der Waals surface area contributed by atoms with Gasteiger partial charge < -0.3 is 14.9 Å². The van der Waals surface area contributed by atoms with Crippen LogP contribution in [-0.2, 0) is 9.68 Å². The van der Waals surface area contributed by atoms with Crippen LogP contribution in [0.5, 0.6) is 0 Å². The summed E-state index contributed by atoms with van der Waals surface area (Å²) in [5, 5.41) is 9.70. The highest BCUT2D eigenvalue weighted by atomic mass is 17.1. The van der Waals surface area contributed by atoms with Gasteiger partial charge in [-0.25, -0.2) is 0 Å². The van der Waals surface area contributed by atoms with Crippen molar-refractivity contribution in [2.24, 2.45) is 5.92 Å². The summed E-state index contributed by atoms with van der Waals surface area (Å²) in [5.41, 5.74) is 0.920. The fourth-order valence-electron chi connectivity index (χ4n) is 0.813. The molecule has 0 aliphatic rings. The molecule has 0 rings (SSSR count). The summed E-state index contributed by atoms with van der Waals surface area (Å²) >= 11 is 0. The van der Waals surface area contributed by atoms with Crippen LogP contribution in [0.4, 0.5) is 0 Å². The number of rotatable bonds is 6. The standard InChI is InChI=1S/C9H16O3/c1-8(6-10)4-3-5-9(2)7-12-11/h5-6,8,11H,3-4,7H2,1-2H3/p-1/b9-5+. The molecule has 0 aromatic heterocycles. The Morgan fingerprint density at radius 1 is 1.67 bits per heavy atom. The predicted molar refractivity (Wildman–Crippen MR) is 44.2 cm³/mol. The van der Waals surface area contributed by atoms with Gasteiger partial charge in [0, 0.05) is 5.92 Å². The molecular formula is C9H15O3-. The van der Waals surface area contributed by atoms with E-state index in [0.717, 1.165) is 24.7 Å². The molecule has 1 atom stereocenters. The van der Waals surface area contributed by atoms with E-state index in [2.05, 4.69) is 4.89 Å². The Hall–Kier alpha value is -0.670. The summed E-state index contributed by atoms with van der Waals surface area (Å²) in [6, 6.07) is 0. The molecule has 0 bridgehead atoms. The van der Waals surface area contributed by atoms with Crippen molar-refractivity contribution >= 4 is 6.29 Å². The SMILES string of the molecule is C/C(=C\CCC(C)C=O)CO[O-]. The zero-order valence-electron chi connectivity index (χ0n) is 7.58. The molecule has 0 saturated heterocycles. The second-order valence-electron chi connectivity index (χ2n) is 3.00. The quantitative estimate of drug-likeness (QED) is 0.257. The third kappa shape index (κ3) is 6.07. The molecule has 3 nitrogen and oxygen atoms in total. The van der Waals surface area contributed by atoms with Crippen LogP contribution in [0, 0.1) is 5.92 Å². The first-order chi connectivity index (χ1) is 5.70. The minimum Gasteiger partial charge on any atom is -0.723 e. The highest BCUT2D eigenvalue weighted by Crippen LogP contribution is 2.04. The van der Waals surface area contributed by atoms with Crippen molar-refractivity contribution in [3.63, 3.8) is 0 Å². The first kappa shape index (κ1) is 11.3. The molecule has 3 heteroatoms. The Morgan fingerprint density at radius 3 is 2.83 bits per heavy atom. The normalized spacial score (nSPS) is 14.4. The second kappa shape index (κ2) is 7.00. The fraction of sp³-hybridized carbons (Fsp3) is 0.667. The number of aldehydes is 1. The van der Waals surface area contributed by atoms with Crippen LogP contribution in [0.1, 0.15) is 26.7 Å². The minimum absolute atomic E-state index is 0.0993. The highest BCUT2D eigenvalue weighted by Gasteiger charge is 1.96. The minimum atomic E-state index is 0.0993. The van der Waals surface area contributed by atoms with Gasteiger partial charge in [0.25, 0.3) is 0 Å². The van der Waals surface area contributed by atoms with Gasteiger partial charge in [0.1, 0.15) is 6.29 Å². The number of carbonyl (C=O) groups excluding carboxylic acids is 1. The van der Waals surface area contributed by atoms with E-state index in [1.54, 1.807) is 0 Å². The lowest BCUT2D eigenvalue weighted by atomic mass is 10.1. The van der Waals surface area contributed by atoms with E-state index < -0.39 is 0 Å². The molecule has 12 heavy (non-hydrogen) atoms. The fourth-order valence-corrected chi connectivity index (χ4v) is 0.813. The predicted octanol–water partition coefficient (Wildman–Crippen LogP) is 0.840. The van der Waals surface area contributed by atoms with Crippen molar-refractivity contribution in [3.8, 4) is 0 Å². The second-order valence-corrected chi connectivity index (χ2v) is 3.00. The Kier molecular flexibility index (Phi) is 6.61. The van der Waals surface area contributed by atoms with Crippen LogP contribution >= 0.6 is 0 Å². The van der Waals surface area contributed by atoms with Gasteiger partial charge in [-0.05, 0) is 19.8 Å². The Balaban J connectivity index is 3.51. The van der Waals surface area contributed by atoms with Crippen LogP contribution in [0.3, 0.4) is 0 Å². The summed E-state index contributed by atoms with van der Waals surface area (Å²) in [6.07, 6.45) is 4.53. The van der Waals surface area contributed by atoms with E-state index in [0.29, 0.717) is 0 Å². The Bertz CT molecular complexity index is 152. The van der Waals surface area contributed by atoms with Gasteiger partial charge in [-0.1, -0.05) is 18.6 Å². The van der Waals surface area contributed by atoms with Gasteiger partial charge in [-0.15, -0.1) is 0 Å². The molecule has 0 saturated carbocycles. The lowest BCUT2D eigenvalue weighted by molar-refractivity contribution is -0.686. The zero-order valence-corrected chi connectivity index (χ0v) is 7.58. The number of carbonyl (C=O) groups is 1. The van der Waals surface area contributed by atoms with Crippen molar-refractivity contribution < 1.29 is 14.9 Å².